The molecule has 1 aliphatic heterocycles. The molecule has 4 rings (SSSR count). The minimum atomic E-state index is -0.582. The smallest absolute Gasteiger partial charge is 0.410 e. The van der Waals surface area contributed by atoms with Crippen LogP contribution in [-0.4, -0.2) is 61.9 Å². The molecule has 1 aliphatic rings. The van der Waals surface area contributed by atoms with Crippen molar-refractivity contribution in [1.29, 1.82) is 5.26 Å². The zero-order valence-corrected chi connectivity index (χ0v) is 21.9. The molecule has 1 fully saturated rings. The Morgan fingerprint density at radius 3 is 2.50 bits per heavy atom. The highest BCUT2D eigenvalue weighted by Gasteiger charge is 2.30. The molecule has 11 heteroatoms. The fourth-order valence-electron chi connectivity index (χ4n) is 4.22. The molecule has 194 valence electrons. The van der Waals surface area contributed by atoms with Gasteiger partial charge < -0.3 is 19.4 Å². The van der Waals surface area contributed by atoms with Gasteiger partial charge in [-0.3, -0.25) is 9.13 Å². The summed E-state index contributed by atoms with van der Waals surface area (Å²) in [5, 5.41) is 9.48. The van der Waals surface area contributed by atoms with E-state index in [1.54, 1.807) is 40.7 Å². The number of imidazole rings is 1. The molecule has 1 amide bonds. The van der Waals surface area contributed by atoms with Gasteiger partial charge in [-0.25, -0.2) is 9.59 Å². The number of fused-ring (bicyclic) bond motifs is 1. The molecule has 0 N–H and O–H groups in total. The van der Waals surface area contributed by atoms with Gasteiger partial charge in [-0.2, -0.15) is 10.2 Å². The Kier molecular flexibility index (Phi) is 7.36. The van der Waals surface area contributed by atoms with Crippen molar-refractivity contribution in [2.45, 2.75) is 46.4 Å². The van der Waals surface area contributed by atoms with Crippen LogP contribution in [-0.2, 0) is 17.8 Å². The Balaban J connectivity index is 1.74. The molecule has 0 radical (unpaired) electrons. The number of rotatable bonds is 4. The fourth-order valence-corrected chi connectivity index (χ4v) is 4.22. The van der Waals surface area contributed by atoms with Gasteiger partial charge in [-0.15, -0.1) is 17.5 Å². The molecule has 0 spiro atoms. The van der Waals surface area contributed by atoms with E-state index < -0.39 is 11.2 Å². The SMILES string of the molecule is [C-]#[N+]c1nc2nc(N3CCN(C(=O)OC(C)(C)C)CC3)n(CC#CC)c2c(=O)n1Cc1ccccc1C#N. The summed E-state index contributed by atoms with van der Waals surface area (Å²) in [6.45, 7) is 16.9. The van der Waals surface area contributed by atoms with E-state index in [-0.39, 0.29) is 36.3 Å². The third kappa shape index (κ3) is 5.30. The third-order valence-corrected chi connectivity index (χ3v) is 6.02. The molecule has 1 aromatic carbocycles. The molecule has 3 aromatic rings. The Hall–Kier alpha value is -4.82. The lowest BCUT2D eigenvalue weighted by atomic mass is 10.1. The molecule has 38 heavy (non-hydrogen) atoms. The molecule has 1 saturated heterocycles. The standard InChI is InChI=1S/C27H28N8O3/c1-6-7-12-34-21-22(31-25(34)32-13-15-33(16-14-32)26(37)38-27(2,3)4)30-24(29-5)35(23(21)36)18-20-11-9-8-10-19(20)17-28/h8-11H,12-16,18H2,1-4H3. The van der Waals surface area contributed by atoms with Gasteiger partial charge in [-0.1, -0.05) is 24.1 Å². The first-order valence-electron chi connectivity index (χ1n) is 12.2. The van der Waals surface area contributed by atoms with Crippen molar-refractivity contribution < 1.29 is 9.53 Å². The van der Waals surface area contributed by atoms with Gasteiger partial charge in [0.1, 0.15) is 5.60 Å². The Morgan fingerprint density at radius 1 is 1.16 bits per heavy atom. The van der Waals surface area contributed by atoms with E-state index in [2.05, 4.69) is 32.7 Å². The highest BCUT2D eigenvalue weighted by Crippen LogP contribution is 2.24. The number of anilines is 1. The number of carbonyl (C=O) groups excluding carboxylic acids is 1. The van der Waals surface area contributed by atoms with Crippen LogP contribution < -0.4 is 10.5 Å². The maximum absolute atomic E-state index is 13.8. The van der Waals surface area contributed by atoms with E-state index >= 15 is 0 Å². The molecule has 0 saturated carbocycles. The van der Waals surface area contributed by atoms with Crippen molar-refractivity contribution in [2.75, 3.05) is 31.1 Å². The molecular weight excluding hydrogens is 484 g/mol. The van der Waals surface area contributed by atoms with Gasteiger partial charge >= 0.3 is 17.6 Å². The number of hydrogen-bond acceptors (Lipinski definition) is 7. The summed E-state index contributed by atoms with van der Waals surface area (Å²) >= 11 is 0. The largest absolute Gasteiger partial charge is 0.444 e. The molecular formula is C27H28N8O3. The number of aromatic nitrogens is 4. The van der Waals surface area contributed by atoms with E-state index in [0.717, 1.165) is 0 Å². The third-order valence-electron chi connectivity index (χ3n) is 6.02. The number of hydrogen-bond donors (Lipinski definition) is 0. The van der Waals surface area contributed by atoms with E-state index in [4.69, 9.17) is 11.3 Å². The van der Waals surface area contributed by atoms with Crippen LogP contribution in [0.4, 0.5) is 16.7 Å². The topological polar surface area (TPSA) is 114 Å². The van der Waals surface area contributed by atoms with Crippen LogP contribution in [0.2, 0.25) is 0 Å². The number of benzene rings is 1. The predicted octanol–water partition coefficient (Wildman–Crippen LogP) is 3.14. The van der Waals surface area contributed by atoms with E-state index in [1.165, 1.54) is 4.57 Å². The van der Waals surface area contributed by atoms with Gasteiger partial charge in [-0.05, 0) is 33.8 Å². The molecule has 0 atom stereocenters. The van der Waals surface area contributed by atoms with Crippen molar-refractivity contribution in [2.24, 2.45) is 0 Å². The lowest BCUT2D eigenvalue weighted by Gasteiger charge is -2.36. The van der Waals surface area contributed by atoms with Crippen molar-refractivity contribution in [1.82, 2.24) is 24.0 Å². The van der Waals surface area contributed by atoms with Crippen LogP contribution in [0.15, 0.2) is 29.1 Å². The van der Waals surface area contributed by atoms with Crippen LogP contribution in [0, 0.1) is 29.7 Å². The minimum Gasteiger partial charge on any atom is -0.444 e. The van der Waals surface area contributed by atoms with Gasteiger partial charge in [0.05, 0.1) is 24.7 Å². The number of carbonyl (C=O) groups is 1. The number of amides is 1. The zero-order valence-electron chi connectivity index (χ0n) is 21.9. The number of nitriles is 1. The maximum Gasteiger partial charge on any atom is 0.410 e. The van der Waals surface area contributed by atoms with Crippen LogP contribution in [0.1, 0.15) is 38.8 Å². The Morgan fingerprint density at radius 2 is 1.87 bits per heavy atom. The first kappa shape index (κ1) is 26.2. The van der Waals surface area contributed by atoms with Crippen LogP contribution >= 0.6 is 0 Å². The van der Waals surface area contributed by atoms with E-state index in [1.807, 2.05) is 25.7 Å². The second-order valence-corrected chi connectivity index (χ2v) is 9.74. The van der Waals surface area contributed by atoms with Crippen LogP contribution in [0.3, 0.4) is 0 Å². The summed E-state index contributed by atoms with van der Waals surface area (Å²) in [6.07, 6.45) is -0.369. The number of ether oxygens (including phenoxy) is 1. The van der Waals surface area contributed by atoms with E-state index in [0.29, 0.717) is 43.3 Å². The van der Waals surface area contributed by atoms with Crippen LogP contribution in [0.5, 0.6) is 0 Å². The molecule has 11 nitrogen and oxygen atoms in total. The summed E-state index contributed by atoms with van der Waals surface area (Å²) in [4.78, 5) is 42.4. The summed E-state index contributed by atoms with van der Waals surface area (Å²) < 4.78 is 8.47. The fraction of sp³-hybridized carbons (Fsp3) is 0.407. The molecule has 0 unspecified atom stereocenters. The van der Waals surface area contributed by atoms with Crippen molar-refractivity contribution in [3.8, 4) is 17.9 Å². The quantitative estimate of drug-likeness (QED) is 0.390. The summed E-state index contributed by atoms with van der Waals surface area (Å²) in [6, 6.07) is 9.07. The van der Waals surface area contributed by atoms with E-state index in [9.17, 15) is 14.9 Å². The van der Waals surface area contributed by atoms with Gasteiger partial charge in [0, 0.05) is 31.7 Å². The van der Waals surface area contributed by atoms with Gasteiger partial charge in [0.25, 0.3) is 0 Å². The molecule has 3 heterocycles. The highest BCUT2D eigenvalue weighted by molar-refractivity contribution is 5.76. The minimum absolute atomic E-state index is 0.0255. The van der Waals surface area contributed by atoms with Gasteiger partial charge in [0.2, 0.25) is 11.6 Å². The van der Waals surface area contributed by atoms with Crippen molar-refractivity contribution >= 4 is 29.2 Å². The Labute approximate surface area is 220 Å². The highest BCUT2D eigenvalue weighted by atomic mass is 16.6. The van der Waals surface area contributed by atoms with Gasteiger partial charge in [0.15, 0.2) is 5.52 Å². The van der Waals surface area contributed by atoms with Crippen molar-refractivity contribution in [3.63, 3.8) is 0 Å². The number of piperazine rings is 1. The predicted molar refractivity (Wildman–Crippen MR) is 142 cm³/mol. The summed E-state index contributed by atoms with van der Waals surface area (Å²) in [5.41, 5.74) is 0.414. The summed E-state index contributed by atoms with van der Waals surface area (Å²) in [7, 11) is 0. The summed E-state index contributed by atoms with van der Waals surface area (Å²) in [5.74, 6) is 6.25. The zero-order chi connectivity index (χ0) is 27.4. The number of nitrogens with zero attached hydrogens (tertiary/aromatic N) is 8. The second-order valence-electron chi connectivity index (χ2n) is 9.74. The normalized spacial score (nSPS) is 13.4. The average molecular weight is 513 g/mol. The molecule has 2 aromatic heterocycles. The Bertz CT molecular complexity index is 1580. The van der Waals surface area contributed by atoms with Crippen LogP contribution in [0.25, 0.3) is 16.0 Å². The maximum atomic E-state index is 13.8. The average Bonchev–Trinajstić information content (AvgIpc) is 3.26. The molecule has 0 aliphatic carbocycles. The monoisotopic (exact) mass is 512 g/mol. The second kappa shape index (κ2) is 10.7. The van der Waals surface area contributed by atoms with Crippen molar-refractivity contribution in [3.05, 3.63) is 57.2 Å². The molecule has 0 bridgehead atoms. The lowest BCUT2D eigenvalue weighted by Crippen LogP contribution is -2.50. The first-order valence-corrected chi connectivity index (χ1v) is 12.2. The first-order chi connectivity index (χ1) is 18.2. The lowest BCUT2D eigenvalue weighted by molar-refractivity contribution is 0.0240.